The molecule has 0 saturated carbocycles. The van der Waals surface area contributed by atoms with Gasteiger partial charge in [0.1, 0.15) is 0 Å². The van der Waals surface area contributed by atoms with Crippen LogP contribution in [-0.2, 0) is 6.42 Å². The molecule has 0 radical (unpaired) electrons. The van der Waals surface area contributed by atoms with E-state index in [9.17, 15) is 5.11 Å². The third-order valence-electron chi connectivity index (χ3n) is 6.57. The molecular weight excluding hydrogens is 420 g/mol. The molecule has 176 valence electrons. The SMILES string of the molecule is COc1nc2ccccc2cc1C(c1ccccc1)C(O)(CCc1ccccc1)CCN(C)C. The summed E-state index contributed by atoms with van der Waals surface area (Å²) in [5, 5.41) is 13.5. The maximum Gasteiger partial charge on any atom is 0.217 e. The summed E-state index contributed by atoms with van der Waals surface area (Å²) in [6.45, 7) is 0.776. The first kappa shape index (κ1) is 23.9. The van der Waals surface area contributed by atoms with Gasteiger partial charge in [-0.3, -0.25) is 0 Å². The fourth-order valence-electron chi connectivity index (χ4n) is 4.75. The Balaban J connectivity index is 1.85. The molecule has 0 aliphatic carbocycles. The lowest BCUT2D eigenvalue weighted by Gasteiger charge is -2.38. The molecule has 0 aliphatic heterocycles. The van der Waals surface area contributed by atoms with Crippen molar-refractivity contribution in [1.29, 1.82) is 0 Å². The largest absolute Gasteiger partial charge is 0.481 e. The second-order valence-corrected chi connectivity index (χ2v) is 9.27. The van der Waals surface area contributed by atoms with Crippen LogP contribution in [0, 0.1) is 0 Å². The lowest BCUT2D eigenvalue weighted by atomic mass is 9.72. The zero-order valence-corrected chi connectivity index (χ0v) is 20.3. The molecule has 34 heavy (non-hydrogen) atoms. The first-order valence-electron chi connectivity index (χ1n) is 11.9. The van der Waals surface area contributed by atoms with E-state index in [1.165, 1.54) is 5.56 Å². The molecule has 0 spiro atoms. The molecule has 1 N–H and O–H groups in total. The van der Waals surface area contributed by atoms with Crippen molar-refractivity contribution in [2.24, 2.45) is 0 Å². The van der Waals surface area contributed by atoms with Crippen LogP contribution in [-0.4, -0.2) is 48.3 Å². The Morgan fingerprint density at radius 3 is 2.21 bits per heavy atom. The van der Waals surface area contributed by atoms with Crippen LogP contribution in [0.3, 0.4) is 0 Å². The molecule has 2 atom stereocenters. The van der Waals surface area contributed by atoms with E-state index in [4.69, 9.17) is 9.72 Å². The van der Waals surface area contributed by atoms with Crippen LogP contribution in [0.5, 0.6) is 5.88 Å². The lowest BCUT2D eigenvalue weighted by molar-refractivity contribution is 0.000777. The number of fused-ring (bicyclic) bond motifs is 1. The minimum atomic E-state index is -1.00. The third kappa shape index (κ3) is 5.46. The number of hydrogen-bond acceptors (Lipinski definition) is 4. The highest BCUT2D eigenvalue weighted by molar-refractivity contribution is 5.80. The number of methoxy groups -OCH3 is 1. The molecule has 0 fully saturated rings. The van der Waals surface area contributed by atoms with Gasteiger partial charge >= 0.3 is 0 Å². The predicted molar refractivity (Wildman–Crippen MR) is 139 cm³/mol. The first-order valence-corrected chi connectivity index (χ1v) is 11.9. The van der Waals surface area contributed by atoms with Gasteiger partial charge in [-0.1, -0.05) is 78.9 Å². The normalized spacial score (nSPS) is 14.1. The third-order valence-corrected chi connectivity index (χ3v) is 6.57. The molecule has 0 amide bonds. The summed E-state index contributed by atoms with van der Waals surface area (Å²) in [4.78, 5) is 6.95. The van der Waals surface area contributed by atoms with Crippen molar-refractivity contribution >= 4 is 10.9 Å². The van der Waals surface area contributed by atoms with Crippen molar-refractivity contribution in [3.05, 3.63) is 108 Å². The van der Waals surface area contributed by atoms with Crippen molar-refractivity contribution in [3.63, 3.8) is 0 Å². The van der Waals surface area contributed by atoms with Crippen molar-refractivity contribution in [2.75, 3.05) is 27.7 Å². The van der Waals surface area contributed by atoms with Crippen molar-refractivity contribution < 1.29 is 9.84 Å². The summed E-state index contributed by atoms with van der Waals surface area (Å²) in [6, 6.07) is 30.9. The van der Waals surface area contributed by atoms with Gasteiger partial charge in [-0.25, -0.2) is 4.98 Å². The molecule has 0 aliphatic rings. The van der Waals surface area contributed by atoms with E-state index >= 15 is 0 Å². The number of nitrogens with zero attached hydrogens (tertiary/aromatic N) is 2. The Kier molecular flexibility index (Phi) is 7.61. The molecule has 4 nitrogen and oxygen atoms in total. The maximum atomic E-state index is 12.5. The van der Waals surface area contributed by atoms with Crippen LogP contribution in [0.1, 0.15) is 35.4 Å². The number of aliphatic hydroxyl groups is 1. The van der Waals surface area contributed by atoms with E-state index < -0.39 is 5.60 Å². The summed E-state index contributed by atoms with van der Waals surface area (Å²) in [6.07, 6.45) is 2.04. The Labute approximate surface area is 202 Å². The summed E-state index contributed by atoms with van der Waals surface area (Å²) in [7, 11) is 5.76. The van der Waals surface area contributed by atoms with Gasteiger partial charge < -0.3 is 14.7 Å². The standard InChI is InChI=1S/C30H34N2O2/c1-32(2)21-20-30(33,19-18-23-12-6-4-7-13-23)28(24-14-8-5-9-15-24)26-22-25-16-10-11-17-27(25)31-29(26)34-3/h4-17,22,28,33H,18-21H2,1-3H3. The quantitative estimate of drug-likeness (QED) is 0.334. The van der Waals surface area contributed by atoms with Crippen LogP contribution in [0.25, 0.3) is 10.9 Å². The van der Waals surface area contributed by atoms with E-state index in [0.29, 0.717) is 18.7 Å². The monoisotopic (exact) mass is 454 g/mol. The predicted octanol–water partition coefficient (Wildman–Crippen LogP) is 5.69. The summed E-state index contributed by atoms with van der Waals surface area (Å²) in [5.74, 6) is 0.278. The number of hydrogen-bond donors (Lipinski definition) is 1. The van der Waals surface area contributed by atoms with Gasteiger partial charge in [-0.2, -0.15) is 0 Å². The van der Waals surface area contributed by atoms with Gasteiger partial charge in [-0.05, 0) is 56.6 Å². The number of aromatic nitrogens is 1. The fourth-order valence-corrected chi connectivity index (χ4v) is 4.75. The van der Waals surface area contributed by atoms with Crippen LogP contribution in [0.2, 0.25) is 0 Å². The van der Waals surface area contributed by atoms with Crippen LogP contribution in [0.15, 0.2) is 91.0 Å². The second kappa shape index (κ2) is 10.8. The van der Waals surface area contributed by atoms with E-state index in [1.54, 1.807) is 7.11 Å². The summed E-state index contributed by atoms with van der Waals surface area (Å²) < 4.78 is 5.81. The molecule has 4 aromatic rings. The summed E-state index contributed by atoms with van der Waals surface area (Å²) >= 11 is 0. The molecule has 3 aromatic carbocycles. The van der Waals surface area contributed by atoms with Crippen molar-refractivity contribution in [2.45, 2.75) is 30.8 Å². The molecule has 0 bridgehead atoms. The molecular formula is C30H34N2O2. The van der Waals surface area contributed by atoms with Crippen molar-refractivity contribution in [1.82, 2.24) is 9.88 Å². The van der Waals surface area contributed by atoms with Gasteiger partial charge in [0.2, 0.25) is 5.88 Å². The van der Waals surface area contributed by atoms with E-state index in [-0.39, 0.29) is 5.92 Å². The zero-order chi connectivity index (χ0) is 24.0. The maximum absolute atomic E-state index is 12.5. The highest BCUT2D eigenvalue weighted by Crippen LogP contribution is 2.44. The molecule has 4 rings (SSSR count). The van der Waals surface area contributed by atoms with Crippen LogP contribution < -0.4 is 4.74 Å². The van der Waals surface area contributed by atoms with Crippen molar-refractivity contribution in [3.8, 4) is 5.88 Å². The fraction of sp³-hybridized carbons (Fsp3) is 0.300. The van der Waals surface area contributed by atoms with E-state index in [0.717, 1.165) is 35.0 Å². The van der Waals surface area contributed by atoms with Gasteiger partial charge in [0.25, 0.3) is 0 Å². The van der Waals surface area contributed by atoms with Gasteiger partial charge in [0.05, 0.1) is 18.2 Å². The van der Waals surface area contributed by atoms with Crippen LogP contribution in [0.4, 0.5) is 0 Å². The molecule has 0 saturated heterocycles. The van der Waals surface area contributed by atoms with Crippen LogP contribution >= 0.6 is 0 Å². The smallest absolute Gasteiger partial charge is 0.217 e. The minimum absolute atomic E-state index is 0.288. The zero-order valence-electron chi connectivity index (χ0n) is 20.3. The summed E-state index contributed by atoms with van der Waals surface area (Å²) in [5.41, 5.74) is 3.09. The number of rotatable bonds is 10. The van der Waals surface area contributed by atoms with E-state index in [1.807, 2.05) is 56.6 Å². The first-order chi connectivity index (χ1) is 16.5. The molecule has 1 heterocycles. The van der Waals surface area contributed by atoms with Gasteiger partial charge in [0.15, 0.2) is 0 Å². The number of para-hydroxylation sites is 1. The Bertz CT molecular complexity index is 1190. The Morgan fingerprint density at radius 2 is 1.53 bits per heavy atom. The lowest BCUT2D eigenvalue weighted by Crippen LogP contribution is -2.40. The Morgan fingerprint density at radius 1 is 0.882 bits per heavy atom. The van der Waals surface area contributed by atoms with Gasteiger partial charge in [0, 0.05) is 23.4 Å². The average molecular weight is 455 g/mol. The number of benzene rings is 3. The van der Waals surface area contributed by atoms with Gasteiger partial charge in [-0.15, -0.1) is 0 Å². The topological polar surface area (TPSA) is 45.6 Å². The molecule has 1 aromatic heterocycles. The highest BCUT2D eigenvalue weighted by Gasteiger charge is 2.40. The minimum Gasteiger partial charge on any atom is -0.481 e. The Hall–Kier alpha value is -3.21. The average Bonchev–Trinajstić information content (AvgIpc) is 2.87. The molecule has 2 unspecified atom stereocenters. The number of ether oxygens (including phenoxy) is 1. The number of aryl methyl sites for hydroxylation is 1. The second-order valence-electron chi connectivity index (χ2n) is 9.27. The van der Waals surface area contributed by atoms with E-state index in [2.05, 4.69) is 53.4 Å². The highest BCUT2D eigenvalue weighted by atomic mass is 16.5. The number of pyridine rings is 1. The molecule has 4 heteroatoms.